The quantitative estimate of drug-likeness (QED) is 0.442. The first-order valence-corrected chi connectivity index (χ1v) is 9.76. The van der Waals surface area contributed by atoms with Gasteiger partial charge in [-0.15, -0.1) is 0 Å². The molecule has 1 aliphatic rings. The third-order valence-corrected chi connectivity index (χ3v) is 5.34. The number of fused-ring (bicyclic) bond motifs is 1. The summed E-state index contributed by atoms with van der Waals surface area (Å²) in [6.45, 7) is 0. The summed E-state index contributed by atoms with van der Waals surface area (Å²) in [5.41, 5.74) is 0.778. The third-order valence-electron chi connectivity index (χ3n) is 5.00. The molecule has 2 aromatic carbocycles. The van der Waals surface area contributed by atoms with E-state index in [1.165, 1.54) is 32.1 Å². The van der Waals surface area contributed by atoms with E-state index < -0.39 is 17.8 Å². The van der Waals surface area contributed by atoms with Gasteiger partial charge in [0.05, 0.1) is 26.9 Å². The van der Waals surface area contributed by atoms with E-state index in [2.05, 4.69) is 20.8 Å². The summed E-state index contributed by atoms with van der Waals surface area (Å²) in [7, 11) is 4.18. The van der Waals surface area contributed by atoms with E-state index in [0.29, 0.717) is 22.1 Å². The predicted octanol–water partition coefficient (Wildman–Crippen LogP) is 2.67. The van der Waals surface area contributed by atoms with Crippen LogP contribution in [0.25, 0.3) is 0 Å². The summed E-state index contributed by atoms with van der Waals surface area (Å²) in [6.07, 6.45) is 0. The van der Waals surface area contributed by atoms with Crippen molar-refractivity contribution in [2.75, 3.05) is 26.6 Å². The van der Waals surface area contributed by atoms with Crippen molar-refractivity contribution in [3.63, 3.8) is 0 Å². The van der Waals surface area contributed by atoms with Gasteiger partial charge in [-0.25, -0.2) is 4.79 Å². The van der Waals surface area contributed by atoms with E-state index in [4.69, 9.17) is 25.8 Å². The number of aromatic nitrogens is 4. The monoisotopic (exact) mass is 455 g/mol. The molecule has 0 bridgehead atoms. The number of hydrogen-bond donors (Lipinski definition) is 1. The minimum atomic E-state index is -0.885. The van der Waals surface area contributed by atoms with Crippen LogP contribution in [0.2, 0.25) is 5.02 Å². The molecule has 1 aliphatic heterocycles. The van der Waals surface area contributed by atoms with Crippen molar-refractivity contribution in [2.45, 2.75) is 6.04 Å². The molecule has 4 rings (SSSR count). The van der Waals surface area contributed by atoms with E-state index in [-0.39, 0.29) is 22.8 Å². The van der Waals surface area contributed by atoms with Crippen LogP contribution in [0.1, 0.15) is 22.0 Å². The number of carbonyl (C=O) groups is 2. The van der Waals surface area contributed by atoms with Gasteiger partial charge < -0.3 is 19.5 Å². The van der Waals surface area contributed by atoms with Gasteiger partial charge in [0, 0.05) is 16.1 Å². The van der Waals surface area contributed by atoms with Crippen LogP contribution in [-0.4, -0.2) is 53.3 Å². The Morgan fingerprint density at radius 3 is 2.50 bits per heavy atom. The van der Waals surface area contributed by atoms with Crippen molar-refractivity contribution in [3.8, 4) is 11.5 Å². The molecule has 2 heterocycles. The first kappa shape index (κ1) is 21.3. The van der Waals surface area contributed by atoms with Crippen molar-refractivity contribution >= 4 is 29.3 Å². The Kier molecular flexibility index (Phi) is 5.78. The molecule has 3 aromatic rings. The van der Waals surface area contributed by atoms with E-state index in [1.807, 2.05) is 0 Å². The molecule has 32 heavy (non-hydrogen) atoms. The number of halogens is 1. The summed E-state index contributed by atoms with van der Waals surface area (Å²) in [5.74, 6) is -0.234. The van der Waals surface area contributed by atoms with Gasteiger partial charge in [0.25, 0.3) is 0 Å². The summed E-state index contributed by atoms with van der Waals surface area (Å²) < 4.78 is 16.9. The van der Waals surface area contributed by atoms with Gasteiger partial charge in [0.2, 0.25) is 5.95 Å². The molecule has 10 nitrogen and oxygen atoms in total. The van der Waals surface area contributed by atoms with Crippen molar-refractivity contribution in [2.24, 2.45) is 0 Å². The Bertz CT molecular complexity index is 1240. The largest absolute Gasteiger partial charge is 0.493 e. The average molecular weight is 456 g/mol. The number of carbonyl (C=O) groups excluding carboxylic acids is 2. The van der Waals surface area contributed by atoms with Crippen LogP contribution in [0, 0.1) is 0 Å². The van der Waals surface area contributed by atoms with Crippen molar-refractivity contribution in [1.29, 1.82) is 0 Å². The predicted molar refractivity (Wildman–Crippen MR) is 114 cm³/mol. The molecule has 0 radical (unpaired) electrons. The molecule has 0 aliphatic carbocycles. The number of tetrazole rings is 1. The third kappa shape index (κ3) is 3.54. The number of methoxy groups -OCH3 is 3. The second kappa shape index (κ2) is 8.67. The molecule has 0 saturated carbocycles. The van der Waals surface area contributed by atoms with E-state index in [1.54, 1.807) is 36.4 Å². The fourth-order valence-corrected chi connectivity index (χ4v) is 3.74. The molecule has 0 amide bonds. The van der Waals surface area contributed by atoms with Gasteiger partial charge in [-0.1, -0.05) is 34.9 Å². The standard InChI is InChI=1S/C21H18ClN5O5/c1-30-14-9-8-11(10-15(14)31-2)19(28)16-17(20(29)32-3)23-21-24-25-26-27(21)18(16)12-6-4-5-7-13(12)22/h4-10,18H,1-3H3,(H,23,24,26)/t18-/m0/s1. The number of Topliss-reactive ketones (excluding diaryl/α,β-unsaturated/α-hetero) is 1. The second-order valence-corrected chi connectivity index (χ2v) is 7.08. The summed E-state index contributed by atoms with van der Waals surface area (Å²) >= 11 is 6.47. The maximum atomic E-state index is 13.8. The number of ether oxygens (including phenoxy) is 3. The zero-order chi connectivity index (χ0) is 22.8. The fraction of sp³-hybridized carbons (Fsp3) is 0.190. The van der Waals surface area contributed by atoms with Crippen LogP contribution in [0.5, 0.6) is 11.5 Å². The number of nitrogens with zero attached hydrogens (tertiary/aromatic N) is 4. The van der Waals surface area contributed by atoms with Gasteiger partial charge >= 0.3 is 5.97 Å². The molecule has 1 aromatic heterocycles. The molecule has 1 N–H and O–H groups in total. The highest BCUT2D eigenvalue weighted by molar-refractivity contribution is 6.31. The van der Waals surface area contributed by atoms with E-state index >= 15 is 0 Å². The lowest BCUT2D eigenvalue weighted by molar-refractivity contribution is -0.136. The maximum absolute atomic E-state index is 13.8. The molecule has 0 unspecified atom stereocenters. The molecule has 164 valence electrons. The molecular formula is C21H18ClN5O5. The van der Waals surface area contributed by atoms with E-state index in [0.717, 1.165) is 0 Å². The smallest absolute Gasteiger partial charge is 0.355 e. The summed E-state index contributed by atoms with van der Waals surface area (Å²) in [5, 5.41) is 14.8. The van der Waals surface area contributed by atoms with Gasteiger partial charge in [-0.05, 0) is 34.7 Å². The Hall–Kier alpha value is -3.92. The minimum Gasteiger partial charge on any atom is -0.493 e. The van der Waals surface area contributed by atoms with E-state index in [9.17, 15) is 9.59 Å². The number of rotatable bonds is 6. The molecule has 0 fully saturated rings. The number of nitrogens with one attached hydrogen (secondary N) is 1. The van der Waals surface area contributed by atoms with Gasteiger partial charge in [-0.3, -0.25) is 4.79 Å². The van der Waals surface area contributed by atoms with Crippen molar-refractivity contribution in [3.05, 3.63) is 69.9 Å². The second-order valence-electron chi connectivity index (χ2n) is 6.68. The highest BCUT2D eigenvalue weighted by Gasteiger charge is 2.39. The lowest BCUT2D eigenvalue weighted by atomic mass is 9.89. The van der Waals surface area contributed by atoms with Crippen LogP contribution in [0.15, 0.2) is 53.7 Å². The Labute approximate surface area is 187 Å². The van der Waals surface area contributed by atoms with Gasteiger partial charge in [0.15, 0.2) is 17.3 Å². The Morgan fingerprint density at radius 1 is 1.06 bits per heavy atom. The first-order valence-electron chi connectivity index (χ1n) is 9.38. The average Bonchev–Trinajstić information content (AvgIpc) is 3.30. The van der Waals surface area contributed by atoms with Crippen LogP contribution < -0.4 is 14.8 Å². The number of anilines is 1. The van der Waals surface area contributed by atoms with Gasteiger partial charge in [-0.2, -0.15) is 4.68 Å². The van der Waals surface area contributed by atoms with Crippen molar-refractivity contribution < 1.29 is 23.8 Å². The lowest BCUT2D eigenvalue weighted by Gasteiger charge is -2.28. The zero-order valence-corrected chi connectivity index (χ0v) is 18.1. The van der Waals surface area contributed by atoms with Crippen LogP contribution >= 0.6 is 11.6 Å². The van der Waals surface area contributed by atoms with Crippen LogP contribution in [0.4, 0.5) is 5.95 Å². The summed E-state index contributed by atoms with van der Waals surface area (Å²) in [4.78, 5) is 26.5. The molecule has 11 heteroatoms. The number of esters is 1. The Balaban J connectivity index is 1.95. The molecule has 1 atom stereocenters. The first-order chi connectivity index (χ1) is 15.5. The summed E-state index contributed by atoms with van der Waals surface area (Å²) in [6, 6.07) is 10.8. The zero-order valence-electron chi connectivity index (χ0n) is 17.3. The van der Waals surface area contributed by atoms with Crippen LogP contribution in [-0.2, 0) is 9.53 Å². The van der Waals surface area contributed by atoms with Crippen molar-refractivity contribution in [1.82, 2.24) is 20.2 Å². The number of hydrogen-bond acceptors (Lipinski definition) is 9. The topological polar surface area (TPSA) is 117 Å². The highest BCUT2D eigenvalue weighted by atomic mass is 35.5. The number of ketones is 1. The van der Waals surface area contributed by atoms with Crippen LogP contribution in [0.3, 0.4) is 0 Å². The molecular weight excluding hydrogens is 438 g/mol. The Morgan fingerprint density at radius 2 is 1.81 bits per heavy atom. The lowest BCUT2D eigenvalue weighted by Crippen LogP contribution is -2.33. The fourth-order valence-electron chi connectivity index (χ4n) is 3.51. The maximum Gasteiger partial charge on any atom is 0.355 e. The number of allylic oxidation sites excluding steroid dienone is 1. The molecule has 0 spiro atoms. The minimum absolute atomic E-state index is 0.0666. The number of benzene rings is 2. The highest BCUT2D eigenvalue weighted by Crippen LogP contribution is 2.40. The van der Waals surface area contributed by atoms with Gasteiger partial charge in [0.1, 0.15) is 11.7 Å². The SMILES string of the molecule is COC(=O)C1=C(C(=O)c2ccc(OC)c(OC)c2)[C@H](c2ccccc2Cl)n2nnnc2N1. The normalized spacial score (nSPS) is 14.9. The molecule has 0 saturated heterocycles.